The van der Waals surface area contributed by atoms with Gasteiger partial charge in [-0.3, -0.25) is 4.98 Å². The Balaban J connectivity index is 2.32. The van der Waals surface area contributed by atoms with E-state index in [0.29, 0.717) is 23.7 Å². The molecular weight excluding hydrogens is 262 g/mol. The number of halogens is 1. The number of pyridine rings is 1. The minimum atomic E-state index is 0.209. The second-order valence-corrected chi connectivity index (χ2v) is 4.49. The molecule has 100 valence electrons. The minimum absolute atomic E-state index is 0.209. The molecule has 0 saturated heterocycles. The third-order valence-corrected chi connectivity index (χ3v) is 3.02. The van der Waals surface area contributed by atoms with Gasteiger partial charge in [0.05, 0.1) is 23.6 Å². The molecule has 2 aromatic rings. The van der Waals surface area contributed by atoms with Crippen LogP contribution in [0.25, 0.3) is 0 Å². The zero-order chi connectivity index (χ0) is 13.8. The average molecular weight is 278 g/mol. The van der Waals surface area contributed by atoms with E-state index in [-0.39, 0.29) is 5.28 Å². The fourth-order valence-corrected chi connectivity index (χ4v) is 2.00. The first-order chi connectivity index (χ1) is 9.11. The first-order valence-electron chi connectivity index (χ1n) is 6.06. The van der Waals surface area contributed by atoms with Crippen molar-refractivity contribution in [2.75, 3.05) is 17.2 Å². The summed E-state index contributed by atoms with van der Waals surface area (Å²) in [6.45, 7) is 5.25. The van der Waals surface area contributed by atoms with E-state index in [2.05, 4.69) is 15.0 Å². The third kappa shape index (κ3) is 3.12. The van der Waals surface area contributed by atoms with Crippen LogP contribution in [0.4, 0.5) is 11.5 Å². The van der Waals surface area contributed by atoms with Crippen molar-refractivity contribution in [3.63, 3.8) is 0 Å². The van der Waals surface area contributed by atoms with Gasteiger partial charge in [0.1, 0.15) is 0 Å². The molecule has 0 fully saturated rings. The van der Waals surface area contributed by atoms with Crippen LogP contribution in [0.1, 0.15) is 18.3 Å². The highest BCUT2D eigenvalue weighted by Crippen LogP contribution is 2.25. The smallest absolute Gasteiger partial charge is 0.224 e. The van der Waals surface area contributed by atoms with Gasteiger partial charge in [0.2, 0.25) is 5.28 Å². The van der Waals surface area contributed by atoms with Crippen LogP contribution in [0.2, 0.25) is 5.28 Å². The highest BCUT2D eigenvalue weighted by Gasteiger charge is 2.14. The van der Waals surface area contributed by atoms with Gasteiger partial charge in [-0.2, -0.15) is 4.98 Å². The summed E-state index contributed by atoms with van der Waals surface area (Å²) >= 11 is 5.91. The van der Waals surface area contributed by atoms with E-state index in [0.717, 1.165) is 12.2 Å². The number of hydrogen-bond donors (Lipinski definition) is 1. The zero-order valence-electron chi connectivity index (χ0n) is 11.0. The Bertz CT molecular complexity index is 558. The van der Waals surface area contributed by atoms with Crippen molar-refractivity contribution in [1.29, 1.82) is 0 Å². The molecule has 0 atom stereocenters. The van der Waals surface area contributed by atoms with Gasteiger partial charge in [0, 0.05) is 12.7 Å². The molecule has 5 nitrogen and oxygen atoms in total. The first kappa shape index (κ1) is 13.5. The van der Waals surface area contributed by atoms with Crippen molar-refractivity contribution in [1.82, 2.24) is 15.0 Å². The fourth-order valence-electron chi connectivity index (χ4n) is 1.80. The molecule has 6 heteroatoms. The Morgan fingerprint density at radius 2 is 2.11 bits per heavy atom. The molecule has 0 unspecified atom stereocenters. The fraction of sp³-hybridized carbons (Fsp3) is 0.308. The van der Waals surface area contributed by atoms with E-state index in [9.17, 15) is 0 Å². The number of anilines is 2. The quantitative estimate of drug-likeness (QED) is 0.870. The standard InChI is InChI=1S/C13H16ClN5/c1-3-19(8-10-6-4-5-7-16-10)12-11(15)9(2)17-13(14)18-12/h4-7H,3,8,15H2,1-2H3. The van der Waals surface area contributed by atoms with E-state index in [1.54, 1.807) is 6.20 Å². The molecule has 2 heterocycles. The molecule has 19 heavy (non-hydrogen) atoms. The molecular formula is C13H16ClN5. The van der Waals surface area contributed by atoms with Gasteiger partial charge < -0.3 is 10.6 Å². The summed E-state index contributed by atoms with van der Waals surface area (Å²) in [5.74, 6) is 0.658. The Labute approximate surface area is 117 Å². The van der Waals surface area contributed by atoms with Crippen LogP contribution >= 0.6 is 11.6 Å². The minimum Gasteiger partial charge on any atom is -0.394 e. The number of nitrogens with zero attached hydrogens (tertiary/aromatic N) is 4. The second-order valence-electron chi connectivity index (χ2n) is 4.15. The summed E-state index contributed by atoms with van der Waals surface area (Å²) in [4.78, 5) is 14.6. The lowest BCUT2D eigenvalue weighted by Crippen LogP contribution is -2.25. The lowest BCUT2D eigenvalue weighted by Gasteiger charge is -2.23. The van der Waals surface area contributed by atoms with Crippen LogP contribution in [0, 0.1) is 6.92 Å². The van der Waals surface area contributed by atoms with Gasteiger partial charge in [-0.25, -0.2) is 4.98 Å². The van der Waals surface area contributed by atoms with Crippen LogP contribution in [0.5, 0.6) is 0 Å². The van der Waals surface area contributed by atoms with Gasteiger partial charge in [-0.15, -0.1) is 0 Å². The van der Waals surface area contributed by atoms with Crippen molar-refractivity contribution in [3.05, 3.63) is 41.1 Å². The lowest BCUT2D eigenvalue weighted by atomic mass is 10.3. The lowest BCUT2D eigenvalue weighted by molar-refractivity contribution is 0.791. The molecule has 0 aliphatic rings. The molecule has 0 aliphatic carbocycles. The highest BCUT2D eigenvalue weighted by atomic mass is 35.5. The van der Waals surface area contributed by atoms with Gasteiger partial charge >= 0.3 is 0 Å². The second kappa shape index (κ2) is 5.84. The van der Waals surface area contributed by atoms with E-state index in [4.69, 9.17) is 17.3 Å². The van der Waals surface area contributed by atoms with Crippen molar-refractivity contribution in [2.45, 2.75) is 20.4 Å². The summed E-state index contributed by atoms with van der Waals surface area (Å²) in [6, 6.07) is 5.81. The van der Waals surface area contributed by atoms with Crippen molar-refractivity contribution in [3.8, 4) is 0 Å². The molecule has 0 aromatic carbocycles. The number of rotatable bonds is 4. The molecule has 0 radical (unpaired) electrons. The molecule has 2 aromatic heterocycles. The van der Waals surface area contributed by atoms with E-state index in [1.165, 1.54) is 0 Å². The van der Waals surface area contributed by atoms with Crippen LogP contribution in [0.3, 0.4) is 0 Å². The molecule has 0 spiro atoms. The van der Waals surface area contributed by atoms with Crippen molar-refractivity contribution < 1.29 is 0 Å². The van der Waals surface area contributed by atoms with Crippen LogP contribution in [0.15, 0.2) is 24.4 Å². The average Bonchev–Trinajstić information content (AvgIpc) is 2.41. The number of aryl methyl sites for hydroxylation is 1. The van der Waals surface area contributed by atoms with Crippen molar-refractivity contribution >= 4 is 23.1 Å². The molecule has 2 N–H and O–H groups in total. The highest BCUT2D eigenvalue weighted by molar-refractivity contribution is 6.28. The van der Waals surface area contributed by atoms with Crippen molar-refractivity contribution in [2.24, 2.45) is 0 Å². The monoisotopic (exact) mass is 277 g/mol. The van der Waals surface area contributed by atoms with Crippen LogP contribution in [-0.4, -0.2) is 21.5 Å². The van der Waals surface area contributed by atoms with Gasteiger partial charge in [-0.1, -0.05) is 6.07 Å². The molecule has 0 amide bonds. The number of nitrogen functional groups attached to an aromatic ring is 1. The summed E-state index contributed by atoms with van der Waals surface area (Å²) in [6.07, 6.45) is 1.77. The van der Waals surface area contributed by atoms with Gasteiger partial charge in [-0.05, 0) is 37.6 Å². The van der Waals surface area contributed by atoms with Crippen LogP contribution < -0.4 is 10.6 Å². The number of hydrogen-bond acceptors (Lipinski definition) is 5. The maximum Gasteiger partial charge on any atom is 0.224 e. The number of nitrogens with two attached hydrogens (primary N) is 1. The molecule has 0 bridgehead atoms. The Hall–Kier alpha value is -1.88. The maximum absolute atomic E-state index is 6.04. The topological polar surface area (TPSA) is 67.9 Å². The molecule has 2 rings (SSSR count). The Kier molecular flexibility index (Phi) is 4.16. The first-order valence-corrected chi connectivity index (χ1v) is 6.44. The molecule has 0 saturated carbocycles. The Morgan fingerprint density at radius 1 is 1.32 bits per heavy atom. The SMILES string of the molecule is CCN(Cc1ccccn1)c1nc(Cl)nc(C)c1N. The van der Waals surface area contributed by atoms with Crippen LogP contribution in [-0.2, 0) is 6.54 Å². The normalized spacial score (nSPS) is 10.5. The predicted octanol–water partition coefficient (Wildman–Crippen LogP) is 2.44. The maximum atomic E-state index is 6.04. The molecule has 0 aliphatic heterocycles. The number of aromatic nitrogens is 3. The summed E-state index contributed by atoms with van der Waals surface area (Å²) in [7, 11) is 0. The Morgan fingerprint density at radius 3 is 2.74 bits per heavy atom. The zero-order valence-corrected chi connectivity index (χ0v) is 11.7. The summed E-state index contributed by atoms with van der Waals surface area (Å²) < 4.78 is 0. The third-order valence-electron chi connectivity index (χ3n) is 2.85. The predicted molar refractivity (Wildman–Crippen MR) is 77.2 cm³/mol. The van der Waals surface area contributed by atoms with Gasteiger partial charge in [0.15, 0.2) is 5.82 Å². The van der Waals surface area contributed by atoms with E-state index < -0.39 is 0 Å². The van der Waals surface area contributed by atoms with E-state index in [1.807, 2.05) is 36.9 Å². The van der Waals surface area contributed by atoms with E-state index >= 15 is 0 Å². The summed E-state index contributed by atoms with van der Waals surface area (Å²) in [5, 5.41) is 0.209. The van der Waals surface area contributed by atoms with Gasteiger partial charge in [0.25, 0.3) is 0 Å². The summed E-state index contributed by atoms with van der Waals surface area (Å²) in [5.41, 5.74) is 8.24. The largest absolute Gasteiger partial charge is 0.394 e.